The number of carbonyl (C=O) groups is 1. The van der Waals surface area contributed by atoms with Gasteiger partial charge in [0.15, 0.2) is 0 Å². The Morgan fingerprint density at radius 3 is 2.67 bits per heavy atom. The molecule has 70 valence electrons. The van der Waals surface area contributed by atoms with Crippen molar-refractivity contribution in [3.63, 3.8) is 0 Å². The van der Waals surface area contributed by atoms with Crippen LogP contribution in [0.3, 0.4) is 0 Å². The summed E-state index contributed by atoms with van der Waals surface area (Å²) in [5.74, 6) is -1.63. The highest BCUT2D eigenvalue weighted by atomic mass is 16.4. The van der Waals surface area contributed by atoms with Crippen molar-refractivity contribution in [2.45, 2.75) is 25.2 Å². The average Bonchev–Trinajstić information content (AvgIpc) is 2.00. The van der Waals surface area contributed by atoms with Crippen molar-refractivity contribution in [2.24, 2.45) is 5.92 Å². The molecular weight excluding hydrogens is 162 g/mol. The van der Waals surface area contributed by atoms with E-state index in [1.807, 2.05) is 0 Å². The van der Waals surface area contributed by atoms with Crippen molar-refractivity contribution in [2.75, 3.05) is 6.54 Å². The molecule has 0 aliphatic carbocycles. The zero-order valence-electron chi connectivity index (χ0n) is 6.82. The minimum absolute atomic E-state index is 0.202. The van der Waals surface area contributed by atoms with Crippen LogP contribution in [-0.2, 0) is 4.79 Å². The van der Waals surface area contributed by atoms with E-state index < -0.39 is 17.8 Å². The van der Waals surface area contributed by atoms with Gasteiger partial charge in [-0.25, -0.2) is 4.79 Å². The maximum Gasteiger partial charge on any atom is 0.354 e. The van der Waals surface area contributed by atoms with Gasteiger partial charge in [0.25, 0.3) is 0 Å². The lowest BCUT2D eigenvalue weighted by Crippen LogP contribution is -2.65. The molecule has 1 aliphatic heterocycles. The number of piperidine rings is 1. The molecule has 5 nitrogen and oxygen atoms in total. The molecule has 12 heavy (non-hydrogen) atoms. The van der Waals surface area contributed by atoms with Crippen molar-refractivity contribution in [3.05, 3.63) is 0 Å². The van der Waals surface area contributed by atoms with Crippen LogP contribution in [0.25, 0.3) is 0 Å². The van der Waals surface area contributed by atoms with Gasteiger partial charge in [0.1, 0.15) is 6.10 Å². The summed E-state index contributed by atoms with van der Waals surface area (Å²) in [5, 5.41) is 29.8. The van der Waals surface area contributed by atoms with Gasteiger partial charge in [0.2, 0.25) is 5.72 Å². The van der Waals surface area contributed by atoms with Crippen LogP contribution in [0.4, 0.5) is 0 Å². The molecule has 5 heteroatoms. The Balaban J connectivity index is 2.81. The minimum atomic E-state index is -2.17. The number of rotatable bonds is 1. The molecule has 1 saturated heterocycles. The summed E-state index contributed by atoms with van der Waals surface area (Å²) >= 11 is 0. The first kappa shape index (κ1) is 9.44. The van der Waals surface area contributed by atoms with Gasteiger partial charge in [-0.15, -0.1) is 0 Å². The van der Waals surface area contributed by atoms with Crippen molar-refractivity contribution in [1.29, 1.82) is 0 Å². The lowest BCUT2D eigenvalue weighted by molar-refractivity contribution is -0.188. The van der Waals surface area contributed by atoms with Gasteiger partial charge >= 0.3 is 5.97 Å². The third kappa shape index (κ3) is 1.31. The largest absolute Gasteiger partial charge is 0.478 e. The number of hydrogen-bond acceptors (Lipinski definition) is 4. The van der Waals surface area contributed by atoms with Crippen LogP contribution in [-0.4, -0.2) is 39.7 Å². The molecular formula is C7H13NO4. The van der Waals surface area contributed by atoms with E-state index in [2.05, 4.69) is 5.32 Å². The van der Waals surface area contributed by atoms with E-state index in [0.717, 1.165) is 0 Å². The van der Waals surface area contributed by atoms with E-state index in [-0.39, 0.29) is 5.92 Å². The van der Waals surface area contributed by atoms with Gasteiger partial charge in [0, 0.05) is 0 Å². The van der Waals surface area contributed by atoms with Crippen molar-refractivity contribution >= 4 is 5.97 Å². The topological polar surface area (TPSA) is 89.8 Å². The molecule has 1 heterocycles. The highest BCUT2D eigenvalue weighted by Crippen LogP contribution is 2.22. The average molecular weight is 175 g/mol. The third-order valence-corrected chi connectivity index (χ3v) is 2.29. The second-order valence-corrected chi connectivity index (χ2v) is 3.21. The van der Waals surface area contributed by atoms with Crippen LogP contribution in [0.1, 0.15) is 13.3 Å². The molecule has 0 aromatic rings. The van der Waals surface area contributed by atoms with Gasteiger partial charge in [-0.2, -0.15) is 0 Å². The van der Waals surface area contributed by atoms with Crippen molar-refractivity contribution in [3.8, 4) is 0 Å². The highest BCUT2D eigenvalue weighted by Gasteiger charge is 2.48. The Kier molecular flexibility index (Phi) is 2.36. The first-order valence-corrected chi connectivity index (χ1v) is 3.87. The Morgan fingerprint density at radius 1 is 1.67 bits per heavy atom. The summed E-state index contributed by atoms with van der Waals surface area (Å²) in [6.07, 6.45) is -0.583. The second-order valence-electron chi connectivity index (χ2n) is 3.21. The highest BCUT2D eigenvalue weighted by molar-refractivity contribution is 5.77. The van der Waals surface area contributed by atoms with E-state index in [1.54, 1.807) is 6.92 Å². The second kappa shape index (κ2) is 3.01. The summed E-state index contributed by atoms with van der Waals surface area (Å²) in [6.45, 7) is 2.11. The van der Waals surface area contributed by atoms with E-state index >= 15 is 0 Å². The summed E-state index contributed by atoms with van der Waals surface area (Å²) in [7, 11) is 0. The summed E-state index contributed by atoms with van der Waals surface area (Å²) in [5.41, 5.74) is -2.17. The number of carboxylic acid groups (broad SMARTS) is 1. The van der Waals surface area contributed by atoms with Crippen LogP contribution in [0.15, 0.2) is 0 Å². The monoisotopic (exact) mass is 175 g/mol. The molecule has 0 aromatic carbocycles. The lowest BCUT2D eigenvalue weighted by atomic mass is 9.88. The number of nitrogens with one attached hydrogen (secondary N) is 1. The van der Waals surface area contributed by atoms with Crippen LogP contribution >= 0.6 is 0 Å². The van der Waals surface area contributed by atoms with Gasteiger partial charge in [-0.05, 0) is 18.9 Å². The standard InChI is InChI=1S/C7H13NO4/c1-4-2-3-8-7(12,5(4)9)6(10)11/h4-5,8-9,12H,2-3H2,1H3,(H,10,11). The first-order valence-electron chi connectivity index (χ1n) is 3.87. The fraction of sp³-hybridized carbons (Fsp3) is 0.857. The third-order valence-electron chi connectivity index (χ3n) is 2.29. The molecule has 4 N–H and O–H groups in total. The number of carboxylic acids is 1. The van der Waals surface area contributed by atoms with Gasteiger partial charge in [0.05, 0.1) is 0 Å². The number of aliphatic hydroxyl groups excluding tert-OH is 1. The van der Waals surface area contributed by atoms with Crippen LogP contribution < -0.4 is 5.32 Å². The normalized spacial score (nSPS) is 42.6. The smallest absolute Gasteiger partial charge is 0.354 e. The van der Waals surface area contributed by atoms with E-state index in [9.17, 15) is 15.0 Å². The molecule has 1 fully saturated rings. The maximum absolute atomic E-state index is 10.6. The fourth-order valence-electron chi connectivity index (χ4n) is 1.37. The van der Waals surface area contributed by atoms with E-state index in [4.69, 9.17) is 5.11 Å². The summed E-state index contributed by atoms with van der Waals surface area (Å²) in [6, 6.07) is 0. The maximum atomic E-state index is 10.6. The van der Waals surface area contributed by atoms with E-state index in [0.29, 0.717) is 13.0 Å². The molecule has 0 saturated carbocycles. The minimum Gasteiger partial charge on any atom is -0.478 e. The first-order chi connectivity index (χ1) is 5.48. The molecule has 1 rings (SSSR count). The SMILES string of the molecule is CC1CCNC(O)(C(=O)O)C1O. The van der Waals surface area contributed by atoms with Crippen LogP contribution in [0.5, 0.6) is 0 Å². The Bertz CT molecular complexity index is 196. The van der Waals surface area contributed by atoms with Crippen LogP contribution in [0, 0.1) is 5.92 Å². The fourth-order valence-corrected chi connectivity index (χ4v) is 1.37. The number of aliphatic carboxylic acids is 1. The van der Waals surface area contributed by atoms with Crippen molar-refractivity contribution in [1.82, 2.24) is 5.32 Å². The van der Waals surface area contributed by atoms with Crippen molar-refractivity contribution < 1.29 is 20.1 Å². The zero-order chi connectivity index (χ0) is 9.35. The molecule has 0 amide bonds. The predicted octanol–water partition coefficient (Wildman–Crippen LogP) is -1.25. The Labute approximate surface area is 70.0 Å². The molecule has 0 radical (unpaired) electrons. The lowest BCUT2D eigenvalue weighted by Gasteiger charge is -2.37. The van der Waals surface area contributed by atoms with Crippen LogP contribution in [0.2, 0.25) is 0 Å². The Hall–Kier alpha value is -0.650. The van der Waals surface area contributed by atoms with Gasteiger partial charge < -0.3 is 15.3 Å². The molecule has 0 bridgehead atoms. The molecule has 3 unspecified atom stereocenters. The molecule has 0 aromatic heterocycles. The Morgan fingerprint density at radius 2 is 2.25 bits per heavy atom. The summed E-state index contributed by atoms with van der Waals surface area (Å²) in [4.78, 5) is 10.6. The zero-order valence-corrected chi connectivity index (χ0v) is 6.82. The summed E-state index contributed by atoms with van der Waals surface area (Å²) < 4.78 is 0. The quantitative estimate of drug-likeness (QED) is 0.400. The predicted molar refractivity (Wildman–Crippen MR) is 40.4 cm³/mol. The van der Waals surface area contributed by atoms with Gasteiger partial charge in [-0.1, -0.05) is 6.92 Å². The number of hydrogen-bond donors (Lipinski definition) is 4. The number of aliphatic hydroxyl groups is 2. The molecule has 1 aliphatic rings. The molecule has 3 atom stereocenters. The van der Waals surface area contributed by atoms with Gasteiger partial charge in [-0.3, -0.25) is 5.32 Å². The molecule has 0 spiro atoms. The van der Waals surface area contributed by atoms with E-state index in [1.165, 1.54) is 0 Å².